The Hall–Kier alpha value is -1.97. The summed E-state index contributed by atoms with van der Waals surface area (Å²) in [7, 11) is 0. The van der Waals surface area contributed by atoms with Gasteiger partial charge in [0.1, 0.15) is 0 Å². The summed E-state index contributed by atoms with van der Waals surface area (Å²) in [6.45, 7) is 6.00. The van der Waals surface area contributed by atoms with Crippen molar-refractivity contribution in [2.24, 2.45) is 0 Å². The second kappa shape index (κ2) is 3.80. The van der Waals surface area contributed by atoms with Crippen molar-refractivity contribution >= 4 is 23.9 Å². The van der Waals surface area contributed by atoms with E-state index < -0.39 is 11.6 Å². The zero-order chi connectivity index (χ0) is 12.7. The van der Waals surface area contributed by atoms with Crippen LogP contribution >= 0.6 is 0 Å². The average Bonchev–Trinajstić information content (AvgIpc) is 2.58. The molecule has 0 aromatic carbocycles. The van der Waals surface area contributed by atoms with E-state index >= 15 is 0 Å². The van der Waals surface area contributed by atoms with Crippen LogP contribution in [0.25, 0.3) is 6.08 Å². The molecule has 0 N–H and O–H groups in total. The lowest BCUT2D eigenvalue weighted by molar-refractivity contribution is -0.111. The lowest BCUT2D eigenvalue weighted by Crippen LogP contribution is -2.21. The normalized spacial score (nSPS) is 14.6. The van der Waals surface area contributed by atoms with Crippen LogP contribution < -0.4 is 0 Å². The summed E-state index contributed by atoms with van der Waals surface area (Å²) in [6.07, 6.45) is 2.34. The van der Waals surface area contributed by atoms with Crippen LogP contribution in [0, 0.1) is 6.92 Å². The smallest absolute Gasteiger partial charge is 0.236 e. The summed E-state index contributed by atoms with van der Waals surface area (Å²) in [5, 5.41) is 0. The van der Waals surface area contributed by atoms with Gasteiger partial charge in [0.25, 0.3) is 0 Å². The van der Waals surface area contributed by atoms with Gasteiger partial charge in [0.05, 0.1) is 11.3 Å². The third kappa shape index (κ3) is 1.40. The molecule has 0 unspecified atom stereocenters. The van der Waals surface area contributed by atoms with Gasteiger partial charge in [-0.15, -0.1) is 0 Å². The molecule has 0 amide bonds. The average molecular weight is 231 g/mol. The van der Waals surface area contributed by atoms with Gasteiger partial charge in [-0.3, -0.25) is 14.4 Å². The summed E-state index contributed by atoms with van der Waals surface area (Å²) in [4.78, 5) is 34.6. The SMILES string of the molecule is CCn1c(C)c(C=O)c2c1C=C(C)C(=O)C2=O. The van der Waals surface area contributed by atoms with Gasteiger partial charge in [-0.05, 0) is 26.8 Å². The molecule has 1 heterocycles. The van der Waals surface area contributed by atoms with E-state index in [-0.39, 0.29) is 5.56 Å². The van der Waals surface area contributed by atoms with Gasteiger partial charge in [0.15, 0.2) is 6.29 Å². The number of fused-ring (bicyclic) bond motifs is 1. The molecule has 0 saturated carbocycles. The topological polar surface area (TPSA) is 56.1 Å². The van der Waals surface area contributed by atoms with Gasteiger partial charge in [-0.2, -0.15) is 0 Å². The lowest BCUT2D eigenvalue weighted by Gasteiger charge is -2.11. The molecule has 17 heavy (non-hydrogen) atoms. The quantitative estimate of drug-likeness (QED) is 0.576. The second-order valence-electron chi connectivity index (χ2n) is 4.11. The van der Waals surface area contributed by atoms with Crippen LogP contribution in [0.2, 0.25) is 0 Å². The van der Waals surface area contributed by atoms with Crippen molar-refractivity contribution < 1.29 is 14.4 Å². The Morgan fingerprint density at radius 3 is 2.41 bits per heavy atom. The molecule has 0 bridgehead atoms. The number of nitrogens with zero attached hydrogens (tertiary/aromatic N) is 1. The van der Waals surface area contributed by atoms with Crippen LogP contribution in [0.1, 0.15) is 46.0 Å². The number of hydrogen-bond donors (Lipinski definition) is 0. The van der Waals surface area contributed by atoms with Crippen molar-refractivity contribution in [2.45, 2.75) is 27.3 Å². The molecular formula is C13H13NO3. The molecule has 2 rings (SSSR count). The Kier molecular flexibility index (Phi) is 2.58. The van der Waals surface area contributed by atoms with Crippen molar-refractivity contribution in [1.29, 1.82) is 0 Å². The predicted molar refractivity (Wildman–Crippen MR) is 63.2 cm³/mol. The van der Waals surface area contributed by atoms with Crippen molar-refractivity contribution in [1.82, 2.24) is 4.57 Å². The highest BCUT2D eigenvalue weighted by Crippen LogP contribution is 2.28. The van der Waals surface area contributed by atoms with E-state index in [1.54, 1.807) is 19.9 Å². The van der Waals surface area contributed by atoms with Crippen LogP contribution in [-0.4, -0.2) is 22.4 Å². The Balaban J connectivity index is 2.86. The standard InChI is InChI=1S/C13H13NO3/c1-4-14-8(3)9(6-15)11-10(14)5-7(2)12(16)13(11)17/h5-6H,4H2,1-3H3. The molecule has 0 saturated heterocycles. The van der Waals surface area contributed by atoms with Gasteiger partial charge in [0.2, 0.25) is 11.6 Å². The molecule has 0 radical (unpaired) electrons. The Morgan fingerprint density at radius 1 is 1.24 bits per heavy atom. The van der Waals surface area contributed by atoms with Crippen LogP contribution in [0.15, 0.2) is 5.57 Å². The predicted octanol–water partition coefficient (Wildman–Crippen LogP) is 1.80. The van der Waals surface area contributed by atoms with Crippen LogP contribution in [0.5, 0.6) is 0 Å². The third-order valence-electron chi connectivity index (χ3n) is 3.19. The van der Waals surface area contributed by atoms with Crippen molar-refractivity contribution in [2.75, 3.05) is 0 Å². The van der Waals surface area contributed by atoms with E-state index in [1.807, 2.05) is 11.5 Å². The number of hydrogen-bond acceptors (Lipinski definition) is 3. The van der Waals surface area contributed by atoms with Crippen molar-refractivity contribution in [3.63, 3.8) is 0 Å². The Morgan fingerprint density at radius 2 is 1.88 bits per heavy atom. The number of carbonyl (C=O) groups excluding carboxylic acids is 3. The molecule has 4 nitrogen and oxygen atoms in total. The van der Waals surface area contributed by atoms with E-state index in [4.69, 9.17) is 0 Å². The fourth-order valence-electron chi connectivity index (χ4n) is 2.28. The highest BCUT2D eigenvalue weighted by Gasteiger charge is 2.32. The highest BCUT2D eigenvalue weighted by molar-refractivity contribution is 6.52. The van der Waals surface area contributed by atoms with Gasteiger partial charge in [0, 0.05) is 23.4 Å². The molecule has 1 aromatic rings. The maximum Gasteiger partial charge on any atom is 0.236 e. The number of ketones is 2. The minimum atomic E-state index is -0.572. The summed E-state index contributed by atoms with van der Waals surface area (Å²) in [5.74, 6) is -1.09. The second-order valence-corrected chi connectivity index (χ2v) is 4.11. The van der Waals surface area contributed by atoms with Crippen LogP contribution in [-0.2, 0) is 11.3 Å². The molecule has 1 aromatic heterocycles. The molecule has 4 heteroatoms. The molecule has 0 aliphatic heterocycles. The number of rotatable bonds is 2. The number of aldehydes is 1. The first-order valence-corrected chi connectivity index (χ1v) is 5.48. The summed E-state index contributed by atoms with van der Waals surface area (Å²) < 4.78 is 1.88. The highest BCUT2D eigenvalue weighted by atomic mass is 16.2. The first-order valence-electron chi connectivity index (χ1n) is 5.48. The lowest BCUT2D eigenvalue weighted by atomic mass is 9.93. The zero-order valence-electron chi connectivity index (χ0n) is 10.0. The number of carbonyl (C=O) groups is 3. The van der Waals surface area contributed by atoms with E-state index in [2.05, 4.69) is 0 Å². The minimum Gasteiger partial charge on any atom is -0.344 e. The summed E-state index contributed by atoms with van der Waals surface area (Å²) in [6, 6.07) is 0. The number of allylic oxidation sites excluding steroid dienone is 1. The Bertz CT molecular complexity index is 576. The van der Waals surface area contributed by atoms with E-state index in [9.17, 15) is 14.4 Å². The van der Waals surface area contributed by atoms with E-state index in [1.165, 1.54) is 0 Å². The molecule has 1 aliphatic rings. The maximum absolute atomic E-state index is 11.9. The molecule has 0 atom stereocenters. The van der Waals surface area contributed by atoms with Gasteiger partial charge >= 0.3 is 0 Å². The number of aromatic nitrogens is 1. The largest absolute Gasteiger partial charge is 0.344 e. The maximum atomic E-state index is 11.9. The first kappa shape index (κ1) is 11.5. The summed E-state index contributed by atoms with van der Waals surface area (Å²) in [5.41, 5.74) is 2.43. The Labute approximate surface area is 98.9 Å². The number of Topliss-reactive ketones (excluding diaryl/α,β-unsaturated/α-hetero) is 2. The fraction of sp³-hybridized carbons (Fsp3) is 0.308. The van der Waals surface area contributed by atoms with E-state index in [0.717, 1.165) is 5.69 Å². The van der Waals surface area contributed by atoms with Gasteiger partial charge in [-0.1, -0.05) is 0 Å². The van der Waals surface area contributed by atoms with Crippen LogP contribution in [0.3, 0.4) is 0 Å². The monoisotopic (exact) mass is 231 g/mol. The molecule has 0 spiro atoms. The zero-order valence-corrected chi connectivity index (χ0v) is 10.0. The molecule has 88 valence electrons. The fourth-order valence-corrected chi connectivity index (χ4v) is 2.28. The molecular weight excluding hydrogens is 218 g/mol. The molecule has 0 fully saturated rings. The van der Waals surface area contributed by atoms with Gasteiger partial charge in [-0.25, -0.2) is 0 Å². The van der Waals surface area contributed by atoms with E-state index in [0.29, 0.717) is 29.7 Å². The van der Waals surface area contributed by atoms with Gasteiger partial charge < -0.3 is 4.57 Å². The van der Waals surface area contributed by atoms with Crippen molar-refractivity contribution in [3.8, 4) is 0 Å². The minimum absolute atomic E-state index is 0.259. The summed E-state index contributed by atoms with van der Waals surface area (Å²) >= 11 is 0. The molecule has 1 aliphatic carbocycles. The third-order valence-corrected chi connectivity index (χ3v) is 3.19. The first-order chi connectivity index (χ1) is 8.02. The van der Waals surface area contributed by atoms with Crippen molar-refractivity contribution in [3.05, 3.63) is 28.1 Å². The van der Waals surface area contributed by atoms with Crippen LogP contribution in [0.4, 0.5) is 0 Å².